The minimum Gasteiger partial charge on any atom is -0.229 e. The lowest BCUT2D eigenvalue weighted by atomic mass is 9.84. The van der Waals surface area contributed by atoms with Gasteiger partial charge in [-0.05, 0) is 31.1 Å². The summed E-state index contributed by atoms with van der Waals surface area (Å²) in [5.41, 5.74) is 0.0841. The Morgan fingerprint density at radius 3 is 2.64 bits per heavy atom. The number of rotatable bonds is 1. The van der Waals surface area contributed by atoms with Gasteiger partial charge in [0.15, 0.2) is 0 Å². The third kappa shape index (κ3) is 1.54. The summed E-state index contributed by atoms with van der Waals surface area (Å²) in [4.78, 5) is 0. The van der Waals surface area contributed by atoms with E-state index in [2.05, 4.69) is 6.07 Å². The van der Waals surface area contributed by atoms with Gasteiger partial charge in [-0.1, -0.05) is 6.42 Å². The van der Waals surface area contributed by atoms with Gasteiger partial charge in [0.1, 0.15) is 9.84 Å². The van der Waals surface area contributed by atoms with Gasteiger partial charge in [-0.25, -0.2) is 8.42 Å². The van der Waals surface area contributed by atoms with E-state index in [-0.39, 0.29) is 16.6 Å². The standard InChI is InChI=1S/C10H15NO2S/c1-14(12,13)9-3-2-4-10(6-9)5-8(10)7-11/h8-9H,2-6H2,1H3/t8-,9+,10-/m1/s1. The largest absolute Gasteiger partial charge is 0.229 e. The molecule has 0 aromatic heterocycles. The number of hydrogen-bond donors (Lipinski definition) is 0. The van der Waals surface area contributed by atoms with E-state index >= 15 is 0 Å². The average Bonchev–Trinajstić information content (AvgIpc) is 2.77. The second-order valence-electron chi connectivity index (χ2n) is 4.80. The fraction of sp³-hybridized carbons (Fsp3) is 0.900. The Kier molecular flexibility index (Phi) is 2.11. The lowest BCUT2D eigenvalue weighted by Crippen LogP contribution is -2.29. The third-order valence-corrected chi connectivity index (χ3v) is 5.40. The van der Waals surface area contributed by atoms with Crippen LogP contribution in [-0.2, 0) is 9.84 Å². The minimum absolute atomic E-state index is 0.0841. The fourth-order valence-electron chi connectivity index (χ4n) is 2.74. The molecule has 3 nitrogen and oxygen atoms in total. The van der Waals surface area contributed by atoms with Crippen molar-refractivity contribution in [1.82, 2.24) is 0 Å². The summed E-state index contributed by atoms with van der Waals surface area (Å²) in [5, 5.41) is 8.63. The Labute approximate surface area is 85.0 Å². The van der Waals surface area contributed by atoms with Gasteiger partial charge in [-0.3, -0.25) is 0 Å². The molecule has 0 N–H and O–H groups in total. The number of hydrogen-bond acceptors (Lipinski definition) is 3. The molecule has 2 aliphatic carbocycles. The van der Waals surface area contributed by atoms with Gasteiger partial charge in [0, 0.05) is 6.26 Å². The van der Waals surface area contributed by atoms with Crippen LogP contribution in [0.1, 0.15) is 32.1 Å². The zero-order chi connectivity index (χ0) is 10.4. The minimum atomic E-state index is -2.90. The molecule has 0 aromatic carbocycles. The third-order valence-electron chi connectivity index (χ3n) is 3.79. The fourth-order valence-corrected chi connectivity index (χ4v) is 3.97. The van der Waals surface area contributed by atoms with Crippen LogP contribution < -0.4 is 0 Å². The molecule has 3 atom stereocenters. The summed E-state index contributed by atoms with van der Waals surface area (Å²) in [6.07, 6.45) is 5.78. The van der Waals surface area contributed by atoms with Crippen LogP contribution >= 0.6 is 0 Å². The Morgan fingerprint density at radius 2 is 2.14 bits per heavy atom. The average molecular weight is 213 g/mol. The maximum Gasteiger partial charge on any atom is 0.150 e. The molecular formula is C10H15NO2S. The Balaban J connectivity index is 2.11. The van der Waals surface area contributed by atoms with Crippen molar-refractivity contribution in [2.45, 2.75) is 37.4 Å². The number of nitrogens with zero attached hydrogens (tertiary/aromatic N) is 1. The molecular weight excluding hydrogens is 198 g/mol. The van der Waals surface area contributed by atoms with Gasteiger partial charge < -0.3 is 0 Å². The van der Waals surface area contributed by atoms with Crippen LogP contribution in [0.4, 0.5) is 0 Å². The van der Waals surface area contributed by atoms with Crippen molar-refractivity contribution in [3.63, 3.8) is 0 Å². The Hall–Kier alpha value is -0.560. The second kappa shape index (κ2) is 2.96. The molecule has 2 fully saturated rings. The molecule has 2 aliphatic rings. The first kappa shape index (κ1) is 9.97. The molecule has 0 bridgehead atoms. The summed E-state index contributed by atoms with van der Waals surface area (Å²) in [5.74, 6) is 0.132. The monoisotopic (exact) mass is 213 g/mol. The van der Waals surface area contributed by atoms with E-state index in [1.165, 1.54) is 6.26 Å². The van der Waals surface area contributed by atoms with Crippen LogP contribution in [0.15, 0.2) is 0 Å². The van der Waals surface area contributed by atoms with Crippen molar-refractivity contribution >= 4 is 9.84 Å². The SMILES string of the molecule is CS(=O)(=O)[C@H]1CCC[C@]2(C1)C[C@@H]2C#N. The first-order valence-corrected chi connectivity index (χ1v) is 7.02. The summed E-state index contributed by atoms with van der Waals surface area (Å²) in [6.45, 7) is 0. The lowest BCUT2D eigenvalue weighted by Gasteiger charge is -2.28. The molecule has 0 saturated heterocycles. The van der Waals surface area contributed by atoms with E-state index in [1.807, 2.05) is 0 Å². The summed E-state index contributed by atoms with van der Waals surface area (Å²) < 4.78 is 22.8. The number of nitriles is 1. The normalized spacial score (nSPS) is 42.0. The molecule has 0 radical (unpaired) electrons. The van der Waals surface area contributed by atoms with E-state index < -0.39 is 9.84 Å². The molecule has 14 heavy (non-hydrogen) atoms. The van der Waals surface area contributed by atoms with Crippen molar-refractivity contribution in [1.29, 1.82) is 5.26 Å². The molecule has 4 heteroatoms. The van der Waals surface area contributed by atoms with Gasteiger partial charge in [-0.15, -0.1) is 0 Å². The number of sulfone groups is 1. The van der Waals surface area contributed by atoms with Crippen LogP contribution in [-0.4, -0.2) is 19.9 Å². The lowest BCUT2D eigenvalue weighted by molar-refractivity contribution is 0.322. The first-order chi connectivity index (χ1) is 6.48. The van der Waals surface area contributed by atoms with E-state index in [1.54, 1.807) is 0 Å². The van der Waals surface area contributed by atoms with Gasteiger partial charge in [0.25, 0.3) is 0 Å². The van der Waals surface area contributed by atoms with E-state index in [9.17, 15) is 8.42 Å². The van der Waals surface area contributed by atoms with Crippen LogP contribution in [0.25, 0.3) is 0 Å². The van der Waals surface area contributed by atoms with E-state index in [0.29, 0.717) is 0 Å². The molecule has 78 valence electrons. The summed E-state index contributed by atoms with van der Waals surface area (Å²) in [6, 6.07) is 2.28. The molecule has 2 saturated carbocycles. The molecule has 0 aliphatic heterocycles. The quantitative estimate of drug-likeness (QED) is 0.663. The molecule has 0 aromatic rings. The van der Waals surface area contributed by atoms with Gasteiger partial charge >= 0.3 is 0 Å². The Bertz CT molecular complexity index is 381. The topological polar surface area (TPSA) is 57.9 Å². The first-order valence-electron chi connectivity index (χ1n) is 5.06. The maximum absolute atomic E-state index is 11.4. The highest BCUT2D eigenvalue weighted by Crippen LogP contribution is 2.61. The van der Waals surface area contributed by atoms with Crippen molar-refractivity contribution in [3.05, 3.63) is 0 Å². The molecule has 0 heterocycles. The molecule has 2 rings (SSSR count). The van der Waals surface area contributed by atoms with Gasteiger partial charge in [0.05, 0.1) is 17.2 Å². The predicted octanol–water partition coefficient (Wildman–Crippen LogP) is 1.50. The van der Waals surface area contributed by atoms with Crippen molar-refractivity contribution in [2.24, 2.45) is 11.3 Å². The zero-order valence-corrected chi connectivity index (χ0v) is 9.18. The second-order valence-corrected chi connectivity index (χ2v) is 7.12. The zero-order valence-electron chi connectivity index (χ0n) is 8.36. The molecule has 0 amide bonds. The van der Waals surface area contributed by atoms with Crippen LogP contribution in [0.2, 0.25) is 0 Å². The van der Waals surface area contributed by atoms with Crippen molar-refractivity contribution in [2.75, 3.05) is 6.26 Å². The highest BCUT2D eigenvalue weighted by atomic mass is 32.2. The Morgan fingerprint density at radius 1 is 1.43 bits per heavy atom. The highest BCUT2D eigenvalue weighted by Gasteiger charge is 2.57. The van der Waals surface area contributed by atoms with Gasteiger partial charge in [0.2, 0.25) is 0 Å². The smallest absolute Gasteiger partial charge is 0.150 e. The summed E-state index contributed by atoms with van der Waals surface area (Å²) >= 11 is 0. The predicted molar refractivity (Wildman–Crippen MR) is 53.3 cm³/mol. The van der Waals surface area contributed by atoms with Crippen LogP contribution in [0.3, 0.4) is 0 Å². The molecule has 1 spiro atoms. The van der Waals surface area contributed by atoms with Crippen molar-refractivity contribution in [3.8, 4) is 6.07 Å². The van der Waals surface area contributed by atoms with Crippen LogP contribution in [0.5, 0.6) is 0 Å². The van der Waals surface area contributed by atoms with E-state index in [4.69, 9.17) is 5.26 Å². The van der Waals surface area contributed by atoms with Crippen molar-refractivity contribution < 1.29 is 8.42 Å². The highest BCUT2D eigenvalue weighted by molar-refractivity contribution is 7.91. The maximum atomic E-state index is 11.4. The molecule has 0 unspecified atom stereocenters. The van der Waals surface area contributed by atoms with Gasteiger partial charge in [-0.2, -0.15) is 5.26 Å². The van der Waals surface area contributed by atoms with E-state index in [0.717, 1.165) is 32.1 Å². The summed E-state index contributed by atoms with van der Waals surface area (Å²) in [7, 11) is -2.90. The van der Waals surface area contributed by atoms with Crippen LogP contribution in [0, 0.1) is 22.7 Å².